The third-order valence-corrected chi connectivity index (χ3v) is 6.22. The quantitative estimate of drug-likeness (QED) is 0.606. The summed E-state index contributed by atoms with van der Waals surface area (Å²) in [6, 6.07) is 15.1. The first-order valence-electron chi connectivity index (χ1n) is 10.9. The lowest BCUT2D eigenvalue weighted by atomic mass is 9.78. The van der Waals surface area contributed by atoms with Crippen molar-refractivity contribution in [3.05, 3.63) is 77.2 Å². The summed E-state index contributed by atoms with van der Waals surface area (Å²) in [5.74, 6) is 0.614. The van der Waals surface area contributed by atoms with E-state index in [4.69, 9.17) is 4.98 Å². The molecule has 31 heavy (non-hydrogen) atoms. The van der Waals surface area contributed by atoms with E-state index in [1.54, 1.807) is 6.07 Å². The third-order valence-electron chi connectivity index (χ3n) is 6.22. The van der Waals surface area contributed by atoms with Crippen molar-refractivity contribution in [3.63, 3.8) is 0 Å². The zero-order valence-corrected chi connectivity index (χ0v) is 17.4. The largest absolute Gasteiger partial charge is 0.354 e. The van der Waals surface area contributed by atoms with Gasteiger partial charge in [-0.2, -0.15) is 0 Å². The highest BCUT2D eigenvalue weighted by molar-refractivity contribution is 5.78. The molecule has 2 aromatic carbocycles. The second kappa shape index (κ2) is 8.46. The van der Waals surface area contributed by atoms with E-state index in [9.17, 15) is 9.18 Å². The predicted molar refractivity (Wildman–Crippen MR) is 118 cm³/mol. The fourth-order valence-corrected chi connectivity index (χ4v) is 4.67. The van der Waals surface area contributed by atoms with Crippen LogP contribution in [0, 0.1) is 5.82 Å². The number of nitrogens with zero attached hydrogens (tertiary/aromatic N) is 3. The van der Waals surface area contributed by atoms with E-state index in [2.05, 4.69) is 22.4 Å². The number of carbonyl (C=O) groups excluding carboxylic acids is 1. The van der Waals surface area contributed by atoms with E-state index >= 15 is 0 Å². The lowest BCUT2D eigenvalue weighted by Gasteiger charge is -2.27. The number of anilines is 1. The maximum atomic E-state index is 14.6. The highest BCUT2D eigenvalue weighted by atomic mass is 19.1. The second-order valence-electron chi connectivity index (χ2n) is 8.20. The minimum atomic E-state index is -0.179. The number of benzene rings is 2. The molecular weight excluding hydrogens is 391 g/mol. The van der Waals surface area contributed by atoms with Gasteiger partial charge in [0.25, 0.3) is 0 Å². The summed E-state index contributed by atoms with van der Waals surface area (Å²) < 4.78 is 14.6. The molecule has 0 spiro atoms. The van der Waals surface area contributed by atoms with Gasteiger partial charge in [0.1, 0.15) is 5.82 Å². The first kappa shape index (κ1) is 19.7. The van der Waals surface area contributed by atoms with E-state index in [0.717, 1.165) is 48.3 Å². The summed E-state index contributed by atoms with van der Waals surface area (Å²) >= 11 is 0. The molecule has 2 heterocycles. The van der Waals surface area contributed by atoms with Gasteiger partial charge in [-0.25, -0.2) is 14.4 Å². The normalized spacial score (nSPS) is 17.4. The zero-order chi connectivity index (χ0) is 21.2. The van der Waals surface area contributed by atoms with Crippen molar-refractivity contribution >= 4 is 11.9 Å². The fourth-order valence-electron chi connectivity index (χ4n) is 4.67. The summed E-state index contributed by atoms with van der Waals surface area (Å²) in [7, 11) is 0. The minimum Gasteiger partial charge on any atom is -0.354 e. The first-order valence-corrected chi connectivity index (χ1v) is 10.9. The molecule has 0 saturated carbocycles. The summed E-state index contributed by atoms with van der Waals surface area (Å²) in [5.41, 5.74) is 4.78. The molecule has 1 N–H and O–H groups in total. The number of aromatic nitrogens is 2. The topological polar surface area (TPSA) is 58.1 Å². The minimum absolute atomic E-state index is 0.0506. The van der Waals surface area contributed by atoms with E-state index in [0.29, 0.717) is 30.9 Å². The Hall–Kier alpha value is -3.28. The number of carbonyl (C=O) groups is 1. The SMILES string of the molecule is O=C1CCCN1CCCNc1ncc2c(n1)-c1ccccc1C(c1ccccc1F)C2. The summed E-state index contributed by atoms with van der Waals surface area (Å²) in [4.78, 5) is 22.9. The number of halogens is 1. The molecule has 5 rings (SSSR count). The molecule has 1 aliphatic carbocycles. The number of rotatable bonds is 6. The molecule has 3 aromatic rings. The zero-order valence-electron chi connectivity index (χ0n) is 17.4. The monoisotopic (exact) mass is 416 g/mol. The van der Waals surface area contributed by atoms with Gasteiger partial charge in [-0.1, -0.05) is 42.5 Å². The molecule has 5 nitrogen and oxygen atoms in total. The fraction of sp³-hybridized carbons (Fsp3) is 0.320. The van der Waals surface area contributed by atoms with Crippen LogP contribution in [0.5, 0.6) is 0 Å². The van der Waals surface area contributed by atoms with Crippen molar-refractivity contribution in [2.24, 2.45) is 0 Å². The molecule has 0 bridgehead atoms. The van der Waals surface area contributed by atoms with E-state index in [-0.39, 0.29) is 17.6 Å². The number of amides is 1. The lowest BCUT2D eigenvalue weighted by Crippen LogP contribution is -2.27. The van der Waals surface area contributed by atoms with Crippen molar-refractivity contribution < 1.29 is 9.18 Å². The van der Waals surface area contributed by atoms with Crippen LogP contribution >= 0.6 is 0 Å². The molecule has 0 radical (unpaired) electrons. The van der Waals surface area contributed by atoms with Gasteiger partial charge in [0, 0.05) is 43.7 Å². The highest BCUT2D eigenvalue weighted by Gasteiger charge is 2.29. The van der Waals surface area contributed by atoms with Crippen molar-refractivity contribution in [1.82, 2.24) is 14.9 Å². The Balaban J connectivity index is 1.35. The van der Waals surface area contributed by atoms with Crippen LogP contribution in [0.1, 0.15) is 41.9 Å². The Bertz CT molecular complexity index is 1120. The van der Waals surface area contributed by atoms with Crippen molar-refractivity contribution in [2.75, 3.05) is 25.0 Å². The number of nitrogens with one attached hydrogen (secondary N) is 1. The maximum absolute atomic E-state index is 14.6. The smallest absolute Gasteiger partial charge is 0.223 e. The van der Waals surface area contributed by atoms with Crippen molar-refractivity contribution in [1.29, 1.82) is 0 Å². The molecule has 1 fully saturated rings. The molecule has 1 aliphatic heterocycles. The van der Waals surface area contributed by atoms with Crippen LogP contribution in [0.2, 0.25) is 0 Å². The van der Waals surface area contributed by atoms with E-state index in [1.165, 1.54) is 6.07 Å². The summed E-state index contributed by atoms with van der Waals surface area (Å²) in [6.07, 6.45) is 5.03. The van der Waals surface area contributed by atoms with Gasteiger partial charge < -0.3 is 10.2 Å². The Labute approximate surface area is 181 Å². The van der Waals surface area contributed by atoms with Crippen LogP contribution in [0.25, 0.3) is 11.3 Å². The first-order chi connectivity index (χ1) is 15.2. The predicted octanol–water partition coefficient (Wildman–Crippen LogP) is 4.40. The Morgan fingerprint density at radius 2 is 1.90 bits per heavy atom. The van der Waals surface area contributed by atoms with Gasteiger partial charge in [-0.05, 0) is 42.0 Å². The molecular formula is C25H25FN4O. The molecule has 158 valence electrons. The average molecular weight is 417 g/mol. The number of hydrogen-bond acceptors (Lipinski definition) is 4. The van der Waals surface area contributed by atoms with Gasteiger partial charge in [0.05, 0.1) is 5.69 Å². The summed E-state index contributed by atoms with van der Waals surface area (Å²) in [5, 5.41) is 3.30. The maximum Gasteiger partial charge on any atom is 0.223 e. The van der Waals surface area contributed by atoms with Crippen LogP contribution in [0.15, 0.2) is 54.7 Å². The van der Waals surface area contributed by atoms with Crippen LogP contribution in [0.4, 0.5) is 10.3 Å². The molecule has 1 unspecified atom stereocenters. The number of hydrogen-bond donors (Lipinski definition) is 1. The van der Waals surface area contributed by atoms with Crippen LogP contribution in [-0.2, 0) is 11.2 Å². The van der Waals surface area contributed by atoms with Crippen LogP contribution in [-0.4, -0.2) is 40.4 Å². The Morgan fingerprint density at radius 3 is 2.71 bits per heavy atom. The summed E-state index contributed by atoms with van der Waals surface area (Å²) in [6.45, 7) is 2.35. The van der Waals surface area contributed by atoms with Crippen LogP contribution < -0.4 is 5.32 Å². The van der Waals surface area contributed by atoms with Crippen LogP contribution in [0.3, 0.4) is 0 Å². The molecule has 1 aromatic heterocycles. The van der Waals surface area contributed by atoms with Crippen molar-refractivity contribution in [2.45, 2.75) is 31.6 Å². The standard InChI is InChI=1S/C25H25FN4O/c26-22-10-4-3-8-19(22)21-15-17-16-28-25(27-12-6-14-30-13-5-11-23(30)31)29-24(17)20-9-2-1-7-18(20)21/h1-4,7-10,16,21H,5-6,11-15H2,(H,27,28,29). The highest BCUT2D eigenvalue weighted by Crippen LogP contribution is 2.42. The van der Waals surface area contributed by atoms with E-state index in [1.807, 2.05) is 35.4 Å². The molecule has 6 heteroatoms. The molecule has 2 aliphatic rings. The van der Waals surface area contributed by atoms with Gasteiger partial charge in [-0.3, -0.25) is 4.79 Å². The van der Waals surface area contributed by atoms with Gasteiger partial charge in [-0.15, -0.1) is 0 Å². The van der Waals surface area contributed by atoms with E-state index < -0.39 is 0 Å². The molecule has 1 amide bonds. The molecule has 1 saturated heterocycles. The average Bonchev–Trinajstić information content (AvgIpc) is 3.21. The van der Waals surface area contributed by atoms with Gasteiger partial charge in [0.2, 0.25) is 11.9 Å². The number of fused-ring (bicyclic) bond motifs is 3. The van der Waals surface area contributed by atoms with Gasteiger partial charge in [0.15, 0.2) is 0 Å². The second-order valence-corrected chi connectivity index (χ2v) is 8.20. The molecule has 1 atom stereocenters. The Kier molecular flexibility index (Phi) is 5.37. The van der Waals surface area contributed by atoms with Crippen molar-refractivity contribution in [3.8, 4) is 11.3 Å². The number of likely N-dealkylation sites (tertiary alicyclic amines) is 1. The third kappa shape index (κ3) is 3.90. The lowest BCUT2D eigenvalue weighted by molar-refractivity contribution is -0.127. The van der Waals surface area contributed by atoms with Gasteiger partial charge >= 0.3 is 0 Å². The Morgan fingerprint density at radius 1 is 1.10 bits per heavy atom.